The summed E-state index contributed by atoms with van der Waals surface area (Å²) in [5.74, 6) is 1.83. The van der Waals surface area contributed by atoms with Gasteiger partial charge >= 0.3 is 6.09 Å². The molecule has 0 radical (unpaired) electrons. The van der Waals surface area contributed by atoms with Crippen molar-refractivity contribution in [3.63, 3.8) is 0 Å². The molecule has 0 spiro atoms. The summed E-state index contributed by atoms with van der Waals surface area (Å²) in [6.07, 6.45) is 4.49. The van der Waals surface area contributed by atoms with Crippen molar-refractivity contribution in [1.29, 1.82) is 0 Å². The molecule has 0 aliphatic carbocycles. The summed E-state index contributed by atoms with van der Waals surface area (Å²) in [5.41, 5.74) is 13.6. The molecular formula is C37H40N6O2. The van der Waals surface area contributed by atoms with Crippen LogP contribution in [0.4, 0.5) is 4.79 Å². The van der Waals surface area contributed by atoms with Gasteiger partial charge < -0.3 is 20.4 Å². The molecule has 4 N–H and O–H groups in total. The Bertz CT molecular complexity index is 2020. The molecule has 230 valence electrons. The van der Waals surface area contributed by atoms with Crippen LogP contribution >= 0.6 is 0 Å². The van der Waals surface area contributed by atoms with E-state index >= 15 is 0 Å². The highest BCUT2D eigenvalue weighted by molar-refractivity contribution is 5.93. The second-order valence-electron chi connectivity index (χ2n) is 13.1. The van der Waals surface area contributed by atoms with Crippen LogP contribution in [0, 0.1) is 0 Å². The van der Waals surface area contributed by atoms with Crippen molar-refractivity contribution in [2.24, 2.45) is 5.73 Å². The standard InChI is InChI=1S/C37H40N6O2/c1-37(2,3)45-36(44)43-18-6-7-33(43)35-41-30-16-14-28(22-32(30)42-35)26-12-10-23-19-25(11-9-24(23)20-26)27-13-15-29-31(21-27)40-34(39-29)8-4-5-17-38/h9-16,19-22,33H,4-8,17-18,38H2,1-3H3,(H,39,40)(H,41,42)/t33-/m0/s1. The molecule has 1 aliphatic rings. The van der Waals surface area contributed by atoms with Crippen molar-refractivity contribution in [3.8, 4) is 22.3 Å². The van der Waals surface area contributed by atoms with E-state index in [4.69, 9.17) is 20.4 Å². The first-order chi connectivity index (χ1) is 21.7. The molecule has 6 aromatic rings. The Kier molecular flexibility index (Phi) is 7.53. The van der Waals surface area contributed by atoms with E-state index in [1.165, 1.54) is 21.9 Å². The van der Waals surface area contributed by atoms with E-state index in [-0.39, 0.29) is 12.1 Å². The normalized spacial score (nSPS) is 15.5. The van der Waals surface area contributed by atoms with Crippen LogP contribution in [0.25, 0.3) is 55.1 Å². The number of carbonyl (C=O) groups excluding carboxylic acids is 1. The Morgan fingerprint density at radius 1 is 0.844 bits per heavy atom. The fourth-order valence-corrected chi connectivity index (χ4v) is 6.36. The van der Waals surface area contributed by atoms with Gasteiger partial charge in [-0.25, -0.2) is 14.8 Å². The minimum absolute atomic E-state index is 0.108. The number of unbranched alkanes of at least 4 members (excludes halogenated alkanes) is 1. The number of aryl methyl sites for hydroxylation is 1. The number of hydrogen-bond acceptors (Lipinski definition) is 5. The first-order valence-electron chi connectivity index (χ1n) is 16.0. The van der Waals surface area contributed by atoms with E-state index in [1.807, 2.05) is 20.8 Å². The topological polar surface area (TPSA) is 113 Å². The van der Waals surface area contributed by atoms with Crippen LogP contribution in [0.15, 0.2) is 72.8 Å². The molecule has 1 fully saturated rings. The Hall–Kier alpha value is -4.69. The van der Waals surface area contributed by atoms with Crippen LogP contribution in [-0.2, 0) is 11.2 Å². The van der Waals surface area contributed by atoms with Crippen LogP contribution in [-0.4, -0.2) is 49.6 Å². The molecule has 3 heterocycles. The molecule has 1 atom stereocenters. The number of carbonyl (C=O) groups is 1. The zero-order valence-corrected chi connectivity index (χ0v) is 26.2. The maximum atomic E-state index is 12.9. The van der Waals surface area contributed by atoms with E-state index in [0.717, 1.165) is 76.9 Å². The quantitative estimate of drug-likeness (QED) is 0.160. The minimum atomic E-state index is -0.530. The monoisotopic (exact) mass is 600 g/mol. The molecule has 2 aromatic heterocycles. The maximum absolute atomic E-state index is 12.9. The largest absolute Gasteiger partial charge is 0.444 e. The SMILES string of the molecule is CC(C)(C)OC(=O)N1CCC[C@H]1c1nc2ccc(-c3ccc4cc(-c5ccc6nc(CCCCN)[nH]c6c5)ccc4c3)cc2[nH]1. The van der Waals surface area contributed by atoms with Crippen LogP contribution in [0.1, 0.15) is 64.1 Å². The van der Waals surface area contributed by atoms with Gasteiger partial charge in [-0.3, -0.25) is 4.90 Å². The van der Waals surface area contributed by atoms with Gasteiger partial charge in [-0.05, 0) is 122 Å². The fourth-order valence-electron chi connectivity index (χ4n) is 6.36. The number of rotatable bonds is 7. The number of nitrogens with two attached hydrogens (primary N) is 1. The van der Waals surface area contributed by atoms with E-state index in [9.17, 15) is 4.79 Å². The smallest absolute Gasteiger partial charge is 0.410 e. The average Bonchev–Trinajstić information content (AvgIpc) is 3.77. The number of ether oxygens (including phenoxy) is 1. The third-order valence-corrected chi connectivity index (χ3v) is 8.60. The van der Waals surface area contributed by atoms with Gasteiger partial charge in [-0.1, -0.05) is 36.4 Å². The van der Waals surface area contributed by atoms with Crippen molar-refractivity contribution in [2.45, 2.75) is 64.5 Å². The lowest BCUT2D eigenvalue weighted by molar-refractivity contribution is 0.0219. The summed E-state index contributed by atoms with van der Waals surface area (Å²) in [5, 5.41) is 2.38. The van der Waals surface area contributed by atoms with Crippen molar-refractivity contribution in [3.05, 3.63) is 84.4 Å². The van der Waals surface area contributed by atoms with Crippen molar-refractivity contribution in [1.82, 2.24) is 24.8 Å². The number of aromatic amines is 2. The number of amides is 1. The lowest BCUT2D eigenvalue weighted by Crippen LogP contribution is -2.36. The van der Waals surface area contributed by atoms with Crippen LogP contribution in [0.3, 0.4) is 0 Å². The molecule has 0 bridgehead atoms. The molecule has 1 amide bonds. The molecule has 1 aliphatic heterocycles. The first kappa shape index (κ1) is 29.0. The number of fused-ring (bicyclic) bond motifs is 3. The zero-order valence-electron chi connectivity index (χ0n) is 26.2. The third-order valence-electron chi connectivity index (χ3n) is 8.60. The summed E-state index contributed by atoms with van der Waals surface area (Å²) in [7, 11) is 0. The summed E-state index contributed by atoms with van der Waals surface area (Å²) in [4.78, 5) is 31.3. The molecule has 8 heteroatoms. The molecule has 8 nitrogen and oxygen atoms in total. The van der Waals surface area contributed by atoms with Gasteiger partial charge in [0.25, 0.3) is 0 Å². The van der Waals surface area contributed by atoms with Gasteiger partial charge in [0.1, 0.15) is 17.2 Å². The highest BCUT2D eigenvalue weighted by Crippen LogP contribution is 2.35. The van der Waals surface area contributed by atoms with Gasteiger partial charge in [0.05, 0.1) is 28.1 Å². The van der Waals surface area contributed by atoms with Gasteiger partial charge in [0.2, 0.25) is 0 Å². The van der Waals surface area contributed by atoms with Gasteiger partial charge in [-0.15, -0.1) is 0 Å². The van der Waals surface area contributed by atoms with Crippen LogP contribution in [0.5, 0.6) is 0 Å². The predicted octanol–water partition coefficient (Wildman–Crippen LogP) is 8.28. The van der Waals surface area contributed by atoms with Crippen molar-refractivity contribution >= 4 is 38.9 Å². The molecule has 1 saturated heterocycles. The first-order valence-corrected chi connectivity index (χ1v) is 16.0. The van der Waals surface area contributed by atoms with Gasteiger partial charge in [-0.2, -0.15) is 0 Å². The summed E-state index contributed by atoms with van der Waals surface area (Å²) >= 11 is 0. The van der Waals surface area contributed by atoms with Crippen LogP contribution in [0.2, 0.25) is 0 Å². The fraction of sp³-hybridized carbons (Fsp3) is 0.324. The number of likely N-dealkylation sites (tertiary alicyclic amines) is 1. The van der Waals surface area contributed by atoms with Gasteiger partial charge in [0.15, 0.2) is 0 Å². The minimum Gasteiger partial charge on any atom is -0.444 e. The lowest BCUT2D eigenvalue weighted by Gasteiger charge is -2.27. The number of imidazole rings is 2. The lowest BCUT2D eigenvalue weighted by atomic mass is 9.97. The van der Waals surface area contributed by atoms with Crippen molar-refractivity contribution < 1.29 is 9.53 Å². The average molecular weight is 601 g/mol. The molecule has 4 aromatic carbocycles. The van der Waals surface area contributed by atoms with E-state index < -0.39 is 5.60 Å². The molecular weight excluding hydrogens is 560 g/mol. The third kappa shape index (κ3) is 6.02. The van der Waals surface area contributed by atoms with E-state index in [1.54, 1.807) is 4.90 Å². The maximum Gasteiger partial charge on any atom is 0.410 e. The highest BCUT2D eigenvalue weighted by Gasteiger charge is 2.35. The molecule has 7 rings (SSSR count). The number of hydrogen-bond donors (Lipinski definition) is 3. The van der Waals surface area contributed by atoms with Crippen molar-refractivity contribution in [2.75, 3.05) is 13.1 Å². The Balaban J connectivity index is 1.12. The predicted molar refractivity (Wildman–Crippen MR) is 181 cm³/mol. The Labute approximate surface area is 263 Å². The number of benzene rings is 4. The second kappa shape index (κ2) is 11.7. The number of nitrogens with one attached hydrogen (secondary N) is 2. The summed E-state index contributed by atoms with van der Waals surface area (Å²) < 4.78 is 5.66. The highest BCUT2D eigenvalue weighted by atomic mass is 16.6. The van der Waals surface area contributed by atoms with E-state index in [0.29, 0.717) is 13.1 Å². The zero-order chi connectivity index (χ0) is 31.1. The Morgan fingerprint density at radius 2 is 1.44 bits per heavy atom. The summed E-state index contributed by atoms with van der Waals surface area (Å²) in [6, 6.07) is 25.9. The summed E-state index contributed by atoms with van der Waals surface area (Å²) in [6.45, 7) is 7.08. The van der Waals surface area contributed by atoms with Gasteiger partial charge in [0, 0.05) is 13.0 Å². The van der Waals surface area contributed by atoms with Crippen LogP contribution < -0.4 is 5.73 Å². The molecule has 0 saturated carbocycles. The second-order valence-corrected chi connectivity index (χ2v) is 13.1. The number of H-pyrrole nitrogens is 2. The Morgan fingerprint density at radius 3 is 2.09 bits per heavy atom. The number of nitrogens with zero attached hydrogens (tertiary/aromatic N) is 3. The van der Waals surface area contributed by atoms with E-state index in [2.05, 4.69) is 82.8 Å². The molecule has 0 unspecified atom stereocenters. The number of aromatic nitrogens is 4. The molecule has 45 heavy (non-hydrogen) atoms.